The van der Waals surface area contributed by atoms with Crippen LogP contribution < -0.4 is 10.1 Å². The number of hydrogen-bond acceptors (Lipinski definition) is 3. The number of benzene rings is 1. The van der Waals surface area contributed by atoms with Crippen molar-refractivity contribution in [3.8, 4) is 5.75 Å². The summed E-state index contributed by atoms with van der Waals surface area (Å²) in [6, 6.07) is 6.05. The summed E-state index contributed by atoms with van der Waals surface area (Å²) >= 11 is 0. The predicted molar refractivity (Wildman–Crippen MR) is 80.1 cm³/mol. The van der Waals surface area contributed by atoms with Crippen LogP contribution in [0.2, 0.25) is 0 Å². The van der Waals surface area contributed by atoms with Crippen molar-refractivity contribution in [2.45, 2.75) is 26.2 Å². The van der Waals surface area contributed by atoms with Crippen molar-refractivity contribution in [2.75, 3.05) is 33.3 Å². The van der Waals surface area contributed by atoms with Gasteiger partial charge >= 0.3 is 0 Å². The molecule has 0 atom stereocenters. The van der Waals surface area contributed by atoms with Crippen molar-refractivity contribution in [1.29, 1.82) is 0 Å². The number of methoxy groups -OCH3 is 1. The highest BCUT2D eigenvalue weighted by Gasteiger charge is 2.16. The number of rotatable bonds is 4. The van der Waals surface area contributed by atoms with E-state index < -0.39 is 0 Å². The molecule has 1 heterocycles. The number of carbonyl (C=O) groups is 1. The Balaban J connectivity index is 2.03. The average Bonchev–Trinajstić information content (AvgIpc) is 2.76. The topological polar surface area (TPSA) is 41.6 Å². The quantitative estimate of drug-likeness (QED) is 0.908. The molecule has 1 amide bonds. The predicted octanol–water partition coefficient (Wildman–Crippen LogP) is 1.62. The lowest BCUT2D eigenvalue weighted by Gasteiger charge is -2.20. The number of carbonyl (C=O) groups excluding carboxylic acids is 1. The summed E-state index contributed by atoms with van der Waals surface area (Å²) in [7, 11) is 1.68. The molecular weight excluding hydrogens is 252 g/mol. The van der Waals surface area contributed by atoms with E-state index in [4.69, 9.17) is 4.74 Å². The Morgan fingerprint density at radius 1 is 1.35 bits per heavy atom. The first kappa shape index (κ1) is 14.9. The highest BCUT2D eigenvalue weighted by Crippen LogP contribution is 2.21. The van der Waals surface area contributed by atoms with Crippen molar-refractivity contribution in [1.82, 2.24) is 10.2 Å². The van der Waals surface area contributed by atoms with Gasteiger partial charge in [0.25, 0.3) is 0 Å². The van der Waals surface area contributed by atoms with Gasteiger partial charge in [-0.2, -0.15) is 0 Å². The van der Waals surface area contributed by atoms with Crippen molar-refractivity contribution < 1.29 is 9.53 Å². The van der Waals surface area contributed by atoms with Gasteiger partial charge in [-0.1, -0.05) is 19.1 Å². The molecule has 1 aromatic rings. The SMILES string of the molecule is CCc1cc(CC(=O)N2CCCNCC2)ccc1OC. The maximum Gasteiger partial charge on any atom is 0.227 e. The summed E-state index contributed by atoms with van der Waals surface area (Å²) in [6.07, 6.45) is 2.43. The van der Waals surface area contributed by atoms with Crippen LogP contribution in [0.15, 0.2) is 18.2 Å². The lowest BCUT2D eigenvalue weighted by molar-refractivity contribution is -0.130. The van der Waals surface area contributed by atoms with Crippen LogP contribution in [0.5, 0.6) is 5.75 Å². The van der Waals surface area contributed by atoms with Gasteiger partial charge in [-0.3, -0.25) is 4.79 Å². The third kappa shape index (κ3) is 3.73. The lowest BCUT2D eigenvalue weighted by atomic mass is 10.0. The molecule has 110 valence electrons. The van der Waals surface area contributed by atoms with Gasteiger partial charge in [0.15, 0.2) is 0 Å². The smallest absolute Gasteiger partial charge is 0.227 e. The molecule has 20 heavy (non-hydrogen) atoms. The molecule has 0 radical (unpaired) electrons. The molecule has 0 bridgehead atoms. The first-order chi connectivity index (χ1) is 9.74. The number of ether oxygens (including phenoxy) is 1. The van der Waals surface area contributed by atoms with E-state index in [2.05, 4.69) is 18.3 Å². The van der Waals surface area contributed by atoms with Gasteiger partial charge in [0.1, 0.15) is 5.75 Å². The minimum atomic E-state index is 0.223. The average molecular weight is 276 g/mol. The highest BCUT2D eigenvalue weighted by atomic mass is 16.5. The molecule has 2 rings (SSSR count). The number of amides is 1. The van der Waals surface area contributed by atoms with Gasteiger partial charge in [-0.15, -0.1) is 0 Å². The largest absolute Gasteiger partial charge is 0.496 e. The summed E-state index contributed by atoms with van der Waals surface area (Å²) in [6.45, 7) is 5.68. The molecule has 1 aliphatic heterocycles. The van der Waals surface area contributed by atoms with Gasteiger partial charge in [-0.25, -0.2) is 0 Å². The Kier molecular flexibility index (Phi) is 5.41. The Bertz CT molecular complexity index is 452. The van der Waals surface area contributed by atoms with Gasteiger partial charge in [0.05, 0.1) is 13.5 Å². The van der Waals surface area contributed by atoms with Crippen molar-refractivity contribution in [3.05, 3.63) is 29.3 Å². The maximum atomic E-state index is 12.3. The summed E-state index contributed by atoms with van der Waals surface area (Å²) in [5.41, 5.74) is 2.24. The molecule has 1 aliphatic rings. The number of hydrogen-bond donors (Lipinski definition) is 1. The van der Waals surface area contributed by atoms with Crippen LogP contribution in [0.1, 0.15) is 24.5 Å². The highest BCUT2D eigenvalue weighted by molar-refractivity contribution is 5.79. The van der Waals surface area contributed by atoms with Crippen LogP contribution in [0.3, 0.4) is 0 Å². The summed E-state index contributed by atoms with van der Waals surface area (Å²) < 4.78 is 5.33. The number of nitrogens with zero attached hydrogens (tertiary/aromatic N) is 1. The molecule has 1 fully saturated rings. The molecule has 4 heteroatoms. The van der Waals surface area contributed by atoms with Crippen LogP contribution in [-0.4, -0.2) is 44.1 Å². The zero-order chi connectivity index (χ0) is 14.4. The van der Waals surface area contributed by atoms with E-state index in [0.29, 0.717) is 6.42 Å². The van der Waals surface area contributed by atoms with Crippen LogP contribution in [0.25, 0.3) is 0 Å². The third-order valence-corrected chi connectivity index (χ3v) is 3.77. The van der Waals surface area contributed by atoms with Crippen LogP contribution >= 0.6 is 0 Å². The first-order valence-corrected chi connectivity index (χ1v) is 7.39. The van der Waals surface area contributed by atoms with Gasteiger partial charge in [0, 0.05) is 19.6 Å². The second-order valence-corrected chi connectivity index (χ2v) is 5.16. The fourth-order valence-electron chi connectivity index (χ4n) is 2.60. The van der Waals surface area contributed by atoms with Crippen molar-refractivity contribution in [2.24, 2.45) is 0 Å². The zero-order valence-electron chi connectivity index (χ0n) is 12.4. The second-order valence-electron chi connectivity index (χ2n) is 5.16. The fraction of sp³-hybridized carbons (Fsp3) is 0.562. The standard InChI is InChI=1S/C16H24N2O2/c1-3-14-11-13(5-6-15(14)20-2)12-16(19)18-9-4-7-17-8-10-18/h5-6,11,17H,3-4,7-10,12H2,1-2H3. The minimum absolute atomic E-state index is 0.223. The Morgan fingerprint density at radius 3 is 2.95 bits per heavy atom. The van der Waals surface area contributed by atoms with Gasteiger partial charge in [0.2, 0.25) is 5.91 Å². The van der Waals surface area contributed by atoms with E-state index in [1.165, 1.54) is 0 Å². The zero-order valence-corrected chi connectivity index (χ0v) is 12.4. The molecule has 1 saturated heterocycles. The molecule has 4 nitrogen and oxygen atoms in total. The Hall–Kier alpha value is -1.55. The fourth-order valence-corrected chi connectivity index (χ4v) is 2.60. The monoisotopic (exact) mass is 276 g/mol. The van der Waals surface area contributed by atoms with E-state index >= 15 is 0 Å². The van der Waals surface area contributed by atoms with Crippen LogP contribution in [0.4, 0.5) is 0 Å². The minimum Gasteiger partial charge on any atom is -0.496 e. The van der Waals surface area contributed by atoms with Crippen molar-refractivity contribution >= 4 is 5.91 Å². The van der Waals surface area contributed by atoms with Crippen LogP contribution in [-0.2, 0) is 17.6 Å². The third-order valence-electron chi connectivity index (χ3n) is 3.77. The summed E-state index contributed by atoms with van der Waals surface area (Å²) in [5, 5.41) is 3.32. The maximum absolute atomic E-state index is 12.3. The van der Waals surface area contributed by atoms with E-state index in [1.807, 2.05) is 17.0 Å². The number of aryl methyl sites for hydroxylation is 1. The molecule has 1 aromatic carbocycles. The molecule has 0 spiro atoms. The first-order valence-electron chi connectivity index (χ1n) is 7.39. The molecule has 0 aliphatic carbocycles. The van der Waals surface area contributed by atoms with E-state index in [-0.39, 0.29) is 5.91 Å². The van der Waals surface area contributed by atoms with E-state index in [9.17, 15) is 4.79 Å². The molecule has 0 unspecified atom stereocenters. The summed E-state index contributed by atoms with van der Waals surface area (Å²) in [4.78, 5) is 14.3. The van der Waals surface area contributed by atoms with Crippen molar-refractivity contribution in [3.63, 3.8) is 0 Å². The molecule has 0 saturated carbocycles. The van der Waals surface area contributed by atoms with E-state index in [1.54, 1.807) is 7.11 Å². The second kappa shape index (κ2) is 7.29. The molecular formula is C16H24N2O2. The van der Waals surface area contributed by atoms with Gasteiger partial charge < -0.3 is 15.0 Å². The normalized spacial score (nSPS) is 15.8. The van der Waals surface area contributed by atoms with E-state index in [0.717, 1.165) is 55.9 Å². The van der Waals surface area contributed by atoms with Gasteiger partial charge in [-0.05, 0) is 36.6 Å². The lowest BCUT2D eigenvalue weighted by Crippen LogP contribution is -2.35. The van der Waals surface area contributed by atoms with Crippen LogP contribution in [0, 0.1) is 0 Å². The number of nitrogens with one attached hydrogen (secondary N) is 1. The summed E-state index contributed by atoms with van der Waals surface area (Å²) in [5.74, 6) is 1.13. The molecule has 0 aromatic heterocycles. The molecule has 1 N–H and O–H groups in total. The Labute approximate surface area is 121 Å². The Morgan fingerprint density at radius 2 is 2.20 bits per heavy atom.